The summed E-state index contributed by atoms with van der Waals surface area (Å²) < 4.78 is 2.14. The predicted molar refractivity (Wildman–Crippen MR) is 81.9 cm³/mol. The number of hydrogen-bond donors (Lipinski definition) is 1. The first-order valence-electron chi connectivity index (χ1n) is 7.55. The van der Waals surface area contributed by atoms with Crippen LogP contribution in [0.25, 0.3) is 0 Å². The van der Waals surface area contributed by atoms with Crippen molar-refractivity contribution >= 4 is 5.91 Å². The fourth-order valence-corrected chi connectivity index (χ4v) is 2.95. The fourth-order valence-electron chi connectivity index (χ4n) is 2.95. The van der Waals surface area contributed by atoms with Crippen LogP contribution in [0.15, 0.2) is 36.8 Å². The van der Waals surface area contributed by atoms with E-state index in [4.69, 9.17) is 0 Å². The number of rotatable bonds is 4. The zero-order valence-electron chi connectivity index (χ0n) is 12.4. The van der Waals surface area contributed by atoms with Crippen LogP contribution < -0.4 is 5.32 Å². The maximum Gasteiger partial charge on any atom is 0.223 e. The van der Waals surface area contributed by atoms with E-state index in [1.54, 1.807) is 0 Å². The quantitative estimate of drug-likeness (QED) is 0.934. The van der Waals surface area contributed by atoms with Gasteiger partial charge in [0, 0.05) is 37.3 Å². The Balaban J connectivity index is 1.50. The normalized spacial score (nSPS) is 17.3. The van der Waals surface area contributed by atoms with Crippen LogP contribution in [0.2, 0.25) is 0 Å². The highest BCUT2D eigenvalue weighted by Gasteiger charge is 2.24. The molecule has 2 heterocycles. The molecule has 4 nitrogen and oxygen atoms in total. The second-order valence-corrected chi connectivity index (χ2v) is 5.74. The van der Waals surface area contributed by atoms with Crippen LogP contribution in [0.3, 0.4) is 0 Å². The lowest BCUT2D eigenvalue weighted by molar-refractivity contribution is -0.125. The number of nitrogens with zero attached hydrogens (tertiary/aromatic N) is 2. The second kappa shape index (κ2) is 6.12. The Morgan fingerprint density at radius 2 is 2.29 bits per heavy atom. The molecule has 1 unspecified atom stereocenters. The Kier molecular flexibility index (Phi) is 4.04. The number of aromatic nitrogens is 2. The molecule has 1 N–H and O–H groups in total. The van der Waals surface area contributed by atoms with Crippen molar-refractivity contribution in [3.05, 3.63) is 53.6 Å². The molecular weight excluding hydrogens is 262 g/mol. The molecule has 0 radical (unpaired) electrons. The molecule has 2 aromatic rings. The van der Waals surface area contributed by atoms with Gasteiger partial charge in [-0.1, -0.05) is 24.3 Å². The summed E-state index contributed by atoms with van der Waals surface area (Å²) in [7, 11) is 0. The molecule has 0 spiro atoms. The van der Waals surface area contributed by atoms with Crippen LogP contribution >= 0.6 is 0 Å². The summed E-state index contributed by atoms with van der Waals surface area (Å²) in [5.74, 6) is 0.266. The molecule has 1 aromatic carbocycles. The summed E-state index contributed by atoms with van der Waals surface area (Å²) in [6.07, 6.45) is 6.31. The molecule has 0 fully saturated rings. The minimum atomic E-state index is 0.0890. The van der Waals surface area contributed by atoms with Crippen molar-refractivity contribution < 1.29 is 4.79 Å². The Morgan fingerprint density at radius 3 is 3.14 bits per heavy atom. The molecule has 1 amide bonds. The molecule has 3 rings (SSSR count). The molecule has 1 atom stereocenters. The SMILES string of the molecule is Cc1ccccc1CCNC(=O)C1CCn2cncc2C1. The third-order valence-electron chi connectivity index (χ3n) is 4.30. The topological polar surface area (TPSA) is 46.9 Å². The van der Waals surface area contributed by atoms with Gasteiger partial charge in [0.25, 0.3) is 0 Å². The lowest BCUT2D eigenvalue weighted by Crippen LogP contribution is -2.36. The van der Waals surface area contributed by atoms with Crippen LogP contribution in [0.4, 0.5) is 0 Å². The largest absolute Gasteiger partial charge is 0.356 e. The first kappa shape index (κ1) is 13.9. The third-order valence-corrected chi connectivity index (χ3v) is 4.30. The Morgan fingerprint density at radius 1 is 1.43 bits per heavy atom. The maximum atomic E-state index is 12.3. The van der Waals surface area contributed by atoms with Gasteiger partial charge in [-0.25, -0.2) is 4.98 Å². The van der Waals surface area contributed by atoms with Crippen molar-refractivity contribution in [3.63, 3.8) is 0 Å². The smallest absolute Gasteiger partial charge is 0.223 e. The number of aryl methyl sites for hydroxylation is 2. The number of imidazole rings is 1. The van der Waals surface area contributed by atoms with E-state index in [1.165, 1.54) is 16.8 Å². The number of benzene rings is 1. The third kappa shape index (κ3) is 3.15. The number of amides is 1. The van der Waals surface area contributed by atoms with E-state index in [-0.39, 0.29) is 11.8 Å². The highest BCUT2D eigenvalue weighted by molar-refractivity contribution is 5.79. The van der Waals surface area contributed by atoms with Gasteiger partial charge in [0.2, 0.25) is 5.91 Å². The molecule has 0 bridgehead atoms. The summed E-state index contributed by atoms with van der Waals surface area (Å²) in [5.41, 5.74) is 3.76. The average molecular weight is 283 g/mol. The van der Waals surface area contributed by atoms with Gasteiger partial charge >= 0.3 is 0 Å². The zero-order valence-corrected chi connectivity index (χ0v) is 12.4. The Bertz CT molecular complexity index is 632. The highest BCUT2D eigenvalue weighted by Crippen LogP contribution is 2.19. The van der Waals surface area contributed by atoms with Crippen molar-refractivity contribution in [3.8, 4) is 0 Å². The lowest BCUT2D eigenvalue weighted by atomic mass is 9.95. The van der Waals surface area contributed by atoms with E-state index >= 15 is 0 Å². The van der Waals surface area contributed by atoms with Crippen molar-refractivity contribution in [2.75, 3.05) is 6.54 Å². The van der Waals surface area contributed by atoms with Gasteiger partial charge < -0.3 is 9.88 Å². The highest BCUT2D eigenvalue weighted by atomic mass is 16.1. The van der Waals surface area contributed by atoms with Crippen LogP contribution in [0.1, 0.15) is 23.2 Å². The van der Waals surface area contributed by atoms with Gasteiger partial charge in [-0.3, -0.25) is 4.79 Å². The number of hydrogen-bond acceptors (Lipinski definition) is 2. The summed E-state index contributed by atoms with van der Waals surface area (Å²) in [6, 6.07) is 8.33. The van der Waals surface area contributed by atoms with Gasteiger partial charge in [0.05, 0.1) is 6.33 Å². The fraction of sp³-hybridized carbons (Fsp3) is 0.412. The average Bonchev–Trinajstić information content (AvgIpc) is 2.96. The molecule has 4 heteroatoms. The van der Waals surface area contributed by atoms with E-state index in [2.05, 4.69) is 33.9 Å². The summed E-state index contributed by atoms with van der Waals surface area (Å²) in [6.45, 7) is 3.71. The van der Waals surface area contributed by atoms with E-state index in [9.17, 15) is 4.79 Å². The van der Waals surface area contributed by atoms with Crippen LogP contribution in [0.5, 0.6) is 0 Å². The molecular formula is C17H21N3O. The standard InChI is InChI=1S/C17H21N3O/c1-13-4-2-3-5-14(13)6-8-19-17(21)15-7-9-20-12-18-11-16(20)10-15/h2-5,11-12,15H,6-10H2,1H3,(H,19,21). The number of nitrogens with one attached hydrogen (secondary N) is 1. The summed E-state index contributed by atoms with van der Waals surface area (Å²) in [5, 5.41) is 3.08. The molecule has 0 saturated carbocycles. The number of carbonyl (C=O) groups is 1. The molecule has 1 aliphatic rings. The van der Waals surface area contributed by atoms with Crippen LogP contribution in [-0.2, 0) is 24.2 Å². The van der Waals surface area contributed by atoms with Gasteiger partial charge in [0.1, 0.15) is 0 Å². The van der Waals surface area contributed by atoms with Crippen LogP contribution in [0, 0.1) is 12.8 Å². The molecule has 1 aliphatic heterocycles. The first-order valence-corrected chi connectivity index (χ1v) is 7.55. The molecule has 0 saturated heterocycles. The first-order chi connectivity index (χ1) is 10.2. The predicted octanol–water partition coefficient (Wildman–Crippen LogP) is 2.11. The zero-order chi connectivity index (χ0) is 14.7. The van der Waals surface area contributed by atoms with Gasteiger partial charge in [0.15, 0.2) is 0 Å². The molecule has 1 aromatic heterocycles. The molecule has 0 aliphatic carbocycles. The van der Waals surface area contributed by atoms with E-state index in [1.807, 2.05) is 24.7 Å². The van der Waals surface area contributed by atoms with Gasteiger partial charge in [-0.2, -0.15) is 0 Å². The van der Waals surface area contributed by atoms with Crippen molar-refractivity contribution in [2.24, 2.45) is 5.92 Å². The Labute approximate surface area is 125 Å². The Hall–Kier alpha value is -2.10. The number of carbonyl (C=O) groups excluding carboxylic acids is 1. The van der Waals surface area contributed by atoms with Gasteiger partial charge in [-0.15, -0.1) is 0 Å². The van der Waals surface area contributed by atoms with Crippen molar-refractivity contribution in [2.45, 2.75) is 32.7 Å². The lowest BCUT2D eigenvalue weighted by Gasteiger charge is -2.23. The number of fused-ring (bicyclic) bond motifs is 1. The van der Waals surface area contributed by atoms with E-state index in [0.717, 1.165) is 25.8 Å². The second-order valence-electron chi connectivity index (χ2n) is 5.74. The molecule has 21 heavy (non-hydrogen) atoms. The van der Waals surface area contributed by atoms with Gasteiger partial charge in [-0.05, 0) is 30.9 Å². The van der Waals surface area contributed by atoms with Crippen molar-refractivity contribution in [1.29, 1.82) is 0 Å². The molecule has 110 valence electrons. The van der Waals surface area contributed by atoms with E-state index in [0.29, 0.717) is 6.54 Å². The monoisotopic (exact) mass is 283 g/mol. The maximum absolute atomic E-state index is 12.3. The van der Waals surface area contributed by atoms with Crippen LogP contribution in [-0.4, -0.2) is 22.0 Å². The van der Waals surface area contributed by atoms with Crippen molar-refractivity contribution in [1.82, 2.24) is 14.9 Å². The summed E-state index contributed by atoms with van der Waals surface area (Å²) in [4.78, 5) is 16.4. The summed E-state index contributed by atoms with van der Waals surface area (Å²) >= 11 is 0. The van der Waals surface area contributed by atoms with E-state index < -0.39 is 0 Å². The minimum absolute atomic E-state index is 0.0890. The minimum Gasteiger partial charge on any atom is -0.356 e.